The summed E-state index contributed by atoms with van der Waals surface area (Å²) in [6, 6.07) is 153. The van der Waals surface area contributed by atoms with Crippen LogP contribution in [0.25, 0.3) is 43.6 Å². The summed E-state index contributed by atoms with van der Waals surface area (Å²) in [4.78, 5) is 15.5. The van der Waals surface area contributed by atoms with E-state index in [-0.39, 0.29) is 10.8 Å². The van der Waals surface area contributed by atoms with E-state index in [1.165, 1.54) is 161 Å². The Bertz CT molecular complexity index is 7910. The molecular weight excluding hydrogens is 1820 g/mol. The van der Waals surface area contributed by atoms with Crippen molar-refractivity contribution in [2.45, 2.75) is 101 Å². The van der Waals surface area contributed by atoms with Crippen molar-refractivity contribution < 1.29 is 14.2 Å². The van der Waals surface area contributed by atoms with Crippen LogP contribution in [0.3, 0.4) is 0 Å². The van der Waals surface area contributed by atoms with Crippen LogP contribution in [-0.2, 0) is 24.9 Å². The summed E-state index contributed by atoms with van der Waals surface area (Å²) in [6.45, 7) is 28.3. The maximum atomic E-state index is 6.07. The van der Waals surface area contributed by atoms with Gasteiger partial charge < -0.3 is 57.6 Å². The Hall–Kier alpha value is -17.2. The first-order valence-corrected chi connectivity index (χ1v) is 51.4. The number of benzene rings is 19. The molecule has 2 aromatic heterocycles. The molecule has 12 heteroatoms. The van der Waals surface area contributed by atoms with Crippen LogP contribution in [0.5, 0.6) is 34.5 Å². The van der Waals surface area contributed by atoms with Gasteiger partial charge in [0, 0.05) is 162 Å². The van der Waals surface area contributed by atoms with E-state index in [9.17, 15) is 0 Å². The molecule has 0 unspecified atom stereocenters. The number of hydrogen-bond acceptors (Lipinski definition) is 10. The second-order valence-corrected chi connectivity index (χ2v) is 40.5. The van der Waals surface area contributed by atoms with Crippen molar-refractivity contribution in [1.82, 2.24) is 9.13 Å². The SMILES string of the molecule is CN(c1ccccc1)c1ccccc1.CN1c2ccccc2C(C)(C)c2ccccc21.CN1c2ccccc2Oc2ccccc21.Cc1ccc(N(C)c2ccc(C)cc2)cc1.Cc1ccc2c(c1)C(C)(C)c1cc(C)ccc1N2C.Cc1ccc2c(c1)Oc1cc(C)ccc1N2C.Cc1ccc2c(c1)Oc1ccccc1N2c1ccccc1.Cc1ccc2c(c1)c1cc(C)ccc1n2C.Cn1c2ccccc2c2ccccc21. The highest BCUT2D eigenvalue weighted by molar-refractivity contribution is 6.09. The standard InChI is InChI=1S/C19H15NO.C18H21N.C16H17N.C15H15NO.C15H15N.C15H17N.C13H11NO.C13H11N.C13H13N/c1-14-11-12-17-19(13-14)21-18-10-6-5-9-16(18)20(17)15-7-3-2-4-8-15;1-12-6-8-16-14(10-12)18(3,4)15-11-13(2)7-9-17(15)19(16)5;1-16(2)12-8-4-6-10-14(12)17(3)15-11-7-5-9-13(15)16;1-10-4-6-12-14(8-10)17-15-9-11(2)5-7-13(15)16(12)3;1-10-4-6-14-12(8-10)13-9-11(2)5-7-15(13)16(14)3;1-12-4-8-14(9-5-12)16(3)15-10-6-13(2)7-11-15;1-14-10-6-2-4-8-12(10)15-13-9-5-3-7-11(13)14;1-14-12-8-4-2-6-10(12)11-7-3-5-9-13(11)14;1-14(12-8-4-2-5-9-12)13-10-6-3-7-11-13/h2-13H,1H3;6-11H,1-5H3;4-11H,1-3H3;4-9H,1-3H3;4-9H,1-3H3;4-11H,1-3H3;2-9H,1H3;2-9H,1H3;2-11H,1H3. The van der Waals surface area contributed by atoms with Gasteiger partial charge in [0.1, 0.15) is 0 Å². The zero-order chi connectivity index (χ0) is 104. The van der Waals surface area contributed by atoms with Crippen molar-refractivity contribution in [2.75, 3.05) is 76.6 Å². The summed E-state index contributed by atoms with van der Waals surface area (Å²) < 4.78 is 22.4. The molecule has 26 rings (SSSR count). The van der Waals surface area contributed by atoms with Crippen LogP contribution < -0.4 is 48.5 Å². The lowest BCUT2D eigenvalue weighted by Gasteiger charge is -2.40. The molecule has 0 spiro atoms. The number of nitrogens with zero attached hydrogens (tertiary/aromatic N) is 9. The highest BCUT2D eigenvalue weighted by Gasteiger charge is 2.37. The van der Waals surface area contributed by atoms with Crippen molar-refractivity contribution in [3.63, 3.8) is 0 Å². The Morgan fingerprint density at radius 1 is 0.188 bits per heavy atom. The predicted octanol–water partition coefficient (Wildman–Crippen LogP) is 36.9. The monoisotopic (exact) mass is 1950 g/mol. The molecule has 7 heterocycles. The van der Waals surface area contributed by atoms with E-state index >= 15 is 0 Å². The maximum absolute atomic E-state index is 6.07. The molecule has 0 radical (unpaired) electrons. The second kappa shape index (κ2) is 44.4. The minimum Gasteiger partial charge on any atom is -0.453 e. The fourth-order valence-corrected chi connectivity index (χ4v) is 20.5. The van der Waals surface area contributed by atoms with Gasteiger partial charge >= 0.3 is 0 Å². The van der Waals surface area contributed by atoms with Crippen molar-refractivity contribution in [1.29, 1.82) is 0 Å². The lowest BCUT2D eigenvalue weighted by molar-refractivity contribution is 0.474. The van der Waals surface area contributed by atoms with Crippen LogP contribution in [0.15, 0.2) is 437 Å². The van der Waals surface area contributed by atoms with E-state index in [1.807, 2.05) is 72.8 Å². The lowest BCUT2D eigenvalue weighted by Crippen LogP contribution is -2.31. The Morgan fingerprint density at radius 3 is 0.839 bits per heavy atom. The van der Waals surface area contributed by atoms with Crippen LogP contribution in [0.1, 0.15) is 100 Å². The van der Waals surface area contributed by atoms with Gasteiger partial charge in [-0.15, -0.1) is 0 Å². The summed E-state index contributed by atoms with van der Waals surface area (Å²) in [7, 11) is 16.9. The molecule has 12 nitrogen and oxygen atoms in total. The highest BCUT2D eigenvalue weighted by Crippen LogP contribution is 2.54. The molecule has 0 fully saturated rings. The Labute approximate surface area is 881 Å². The van der Waals surface area contributed by atoms with Gasteiger partial charge in [0.15, 0.2) is 34.5 Å². The first-order chi connectivity index (χ1) is 71.9. The largest absolute Gasteiger partial charge is 0.453 e. The van der Waals surface area contributed by atoms with E-state index in [0.29, 0.717) is 0 Å². The van der Waals surface area contributed by atoms with E-state index in [2.05, 4.69) is 554 Å². The van der Waals surface area contributed by atoms with Gasteiger partial charge in [-0.05, 0) is 295 Å². The zero-order valence-electron chi connectivity index (χ0n) is 89.8. The highest BCUT2D eigenvalue weighted by atomic mass is 16.5. The number of aryl methyl sites for hydroxylation is 11. The molecule has 0 bridgehead atoms. The molecule has 0 amide bonds. The number of ether oxygens (including phenoxy) is 3. The first kappa shape index (κ1) is 102. The van der Waals surface area contributed by atoms with Gasteiger partial charge in [0.2, 0.25) is 0 Å². The Kier molecular flexibility index (Phi) is 30.3. The summed E-state index contributed by atoms with van der Waals surface area (Å²) in [5.41, 5.74) is 40.4. The molecule has 0 atom stereocenters. The van der Waals surface area contributed by atoms with Gasteiger partial charge in [-0.1, -0.05) is 304 Å². The molecule has 746 valence electrons. The topological polar surface area (TPSA) is 60.2 Å². The smallest absolute Gasteiger partial charge is 0.151 e. The number of para-hydroxylation sites is 13. The second-order valence-electron chi connectivity index (χ2n) is 40.5. The minimum absolute atomic E-state index is 0.0647. The van der Waals surface area contributed by atoms with Crippen molar-refractivity contribution in [2.24, 2.45) is 14.1 Å². The average molecular weight is 1960 g/mol. The number of rotatable bonds is 5. The molecule has 19 aromatic carbocycles. The normalized spacial score (nSPS) is 12.7. The van der Waals surface area contributed by atoms with E-state index in [1.54, 1.807) is 0 Å². The van der Waals surface area contributed by atoms with Crippen LogP contribution in [0.2, 0.25) is 0 Å². The number of fused-ring (bicyclic) bond motifs is 16. The number of aromatic nitrogens is 2. The molecule has 5 aliphatic heterocycles. The maximum Gasteiger partial charge on any atom is 0.151 e. The number of anilines is 15. The third-order valence-electron chi connectivity index (χ3n) is 29.1. The first-order valence-electron chi connectivity index (χ1n) is 51.4. The van der Waals surface area contributed by atoms with Gasteiger partial charge in [-0.2, -0.15) is 0 Å². The summed E-state index contributed by atoms with van der Waals surface area (Å²) in [5.74, 6) is 5.49. The van der Waals surface area contributed by atoms with Crippen molar-refractivity contribution >= 4 is 129 Å². The van der Waals surface area contributed by atoms with E-state index < -0.39 is 0 Å². The van der Waals surface area contributed by atoms with E-state index in [4.69, 9.17) is 14.2 Å². The molecule has 0 saturated heterocycles. The van der Waals surface area contributed by atoms with Gasteiger partial charge in [0.05, 0.1) is 34.1 Å². The summed E-state index contributed by atoms with van der Waals surface area (Å²) in [6.07, 6.45) is 0. The van der Waals surface area contributed by atoms with Crippen molar-refractivity contribution in [3.05, 3.63) is 509 Å². The summed E-state index contributed by atoms with van der Waals surface area (Å²) in [5, 5.41) is 5.40. The molecule has 0 N–H and O–H groups in total. The number of hydrogen-bond donors (Lipinski definition) is 0. The quantitative estimate of drug-likeness (QED) is 0.167. The zero-order valence-corrected chi connectivity index (χ0v) is 89.8. The van der Waals surface area contributed by atoms with Gasteiger partial charge in [-0.3, -0.25) is 0 Å². The van der Waals surface area contributed by atoms with Crippen LogP contribution in [0.4, 0.5) is 85.3 Å². The molecule has 0 saturated carbocycles. The fraction of sp³-hybridized carbons (Fsp3) is 0.168. The molecule has 21 aromatic rings. The third-order valence-corrected chi connectivity index (χ3v) is 29.1. The third kappa shape index (κ3) is 21.9. The predicted molar refractivity (Wildman–Crippen MR) is 635 cm³/mol. The van der Waals surface area contributed by atoms with Gasteiger partial charge in [0.25, 0.3) is 0 Å². The average Bonchev–Trinajstić information content (AvgIpc) is 1.48. The van der Waals surface area contributed by atoms with Crippen molar-refractivity contribution in [3.8, 4) is 34.5 Å². The molecule has 5 aliphatic rings. The molecular formula is C137H135N9O3. The van der Waals surface area contributed by atoms with Crippen LogP contribution >= 0.6 is 0 Å². The minimum atomic E-state index is 0.0647. The fourth-order valence-electron chi connectivity index (χ4n) is 20.5. The van der Waals surface area contributed by atoms with Crippen LogP contribution in [-0.4, -0.2) is 51.4 Å². The van der Waals surface area contributed by atoms with Gasteiger partial charge in [-0.25, -0.2) is 0 Å². The molecule has 149 heavy (non-hydrogen) atoms. The van der Waals surface area contributed by atoms with E-state index in [0.717, 1.165) is 74.3 Å². The Morgan fingerprint density at radius 2 is 0.430 bits per heavy atom. The lowest BCUT2D eigenvalue weighted by atomic mass is 9.73. The van der Waals surface area contributed by atoms with Crippen LogP contribution in [0, 0.1) is 62.3 Å². The molecule has 0 aliphatic carbocycles. The Balaban J connectivity index is 0.000000110. The summed E-state index contributed by atoms with van der Waals surface area (Å²) >= 11 is 0.